The van der Waals surface area contributed by atoms with Gasteiger partial charge in [-0.1, -0.05) is 0 Å². The summed E-state index contributed by atoms with van der Waals surface area (Å²) in [6.45, 7) is 6.81. The second-order valence-corrected chi connectivity index (χ2v) is 5.87. The molecule has 6 heteroatoms. The molecule has 18 heavy (non-hydrogen) atoms. The fourth-order valence-electron chi connectivity index (χ4n) is 2.90. The summed E-state index contributed by atoms with van der Waals surface area (Å²) in [6.07, 6.45) is 0.354. The minimum Gasteiger partial charge on any atom is -0.374 e. The second kappa shape index (κ2) is 4.92. The molecular weight excluding hydrogens is 296 g/mol. The Bertz CT molecular complexity index is 448. The Balaban J connectivity index is 1.79. The van der Waals surface area contributed by atoms with Crippen LogP contribution in [0.1, 0.15) is 11.4 Å². The zero-order chi connectivity index (χ0) is 12.7. The summed E-state index contributed by atoms with van der Waals surface area (Å²) in [7, 11) is 2.01. The van der Waals surface area contributed by atoms with Gasteiger partial charge in [-0.25, -0.2) is 0 Å². The number of morpholine rings is 1. The fourth-order valence-corrected chi connectivity index (χ4v) is 3.36. The van der Waals surface area contributed by atoms with E-state index in [4.69, 9.17) is 4.74 Å². The van der Waals surface area contributed by atoms with E-state index in [1.54, 1.807) is 0 Å². The SMILES string of the molecule is Cc1nn(C)c(CN2CCO[C@H]3CNC[C@H]32)c1Br. The first kappa shape index (κ1) is 12.6. The van der Waals surface area contributed by atoms with Gasteiger partial charge >= 0.3 is 0 Å². The third-order valence-corrected chi connectivity index (χ3v) is 4.95. The molecule has 1 aromatic rings. The van der Waals surface area contributed by atoms with Crippen LogP contribution in [-0.2, 0) is 18.3 Å². The van der Waals surface area contributed by atoms with E-state index in [0.29, 0.717) is 12.1 Å². The molecule has 0 spiro atoms. The molecule has 0 amide bonds. The average Bonchev–Trinajstić information content (AvgIpc) is 2.91. The van der Waals surface area contributed by atoms with Crippen molar-refractivity contribution in [3.05, 3.63) is 15.9 Å². The lowest BCUT2D eigenvalue weighted by Crippen LogP contribution is -2.50. The highest BCUT2D eigenvalue weighted by atomic mass is 79.9. The smallest absolute Gasteiger partial charge is 0.0867 e. The maximum Gasteiger partial charge on any atom is 0.0867 e. The zero-order valence-corrected chi connectivity index (χ0v) is 12.4. The van der Waals surface area contributed by atoms with Crippen molar-refractivity contribution in [3.63, 3.8) is 0 Å². The molecule has 3 rings (SSSR count). The van der Waals surface area contributed by atoms with E-state index in [0.717, 1.165) is 43.0 Å². The van der Waals surface area contributed by atoms with Crippen LogP contribution in [0, 0.1) is 6.92 Å². The minimum atomic E-state index is 0.354. The van der Waals surface area contributed by atoms with Gasteiger partial charge in [0.15, 0.2) is 0 Å². The lowest BCUT2D eigenvalue weighted by Gasteiger charge is -2.36. The molecule has 0 bridgehead atoms. The van der Waals surface area contributed by atoms with Crippen molar-refractivity contribution in [2.75, 3.05) is 26.2 Å². The molecule has 1 aromatic heterocycles. The number of fused-ring (bicyclic) bond motifs is 1. The number of aromatic nitrogens is 2. The minimum absolute atomic E-state index is 0.354. The molecule has 3 heterocycles. The number of hydrogen-bond acceptors (Lipinski definition) is 4. The molecule has 2 atom stereocenters. The van der Waals surface area contributed by atoms with Gasteiger partial charge in [-0.15, -0.1) is 0 Å². The molecule has 2 aliphatic rings. The predicted octanol–water partition coefficient (Wildman–Crippen LogP) is 0.664. The number of nitrogens with zero attached hydrogens (tertiary/aromatic N) is 3. The normalized spacial score (nSPS) is 28.6. The van der Waals surface area contributed by atoms with Crippen LogP contribution in [0.25, 0.3) is 0 Å². The van der Waals surface area contributed by atoms with Crippen molar-refractivity contribution in [1.82, 2.24) is 20.0 Å². The predicted molar refractivity (Wildman–Crippen MR) is 72.5 cm³/mol. The maximum absolute atomic E-state index is 5.80. The Labute approximate surface area is 116 Å². The summed E-state index contributed by atoms with van der Waals surface area (Å²) in [4.78, 5) is 2.51. The van der Waals surface area contributed by atoms with E-state index in [2.05, 4.69) is 31.2 Å². The Kier molecular flexibility index (Phi) is 3.44. The molecule has 5 nitrogen and oxygen atoms in total. The van der Waals surface area contributed by atoms with Gasteiger partial charge in [0.1, 0.15) is 0 Å². The van der Waals surface area contributed by atoms with E-state index in [1.165, 1.54) is 5.69 Å². The van der Waals surface area contributed by atoms with E-state index in [-0.39, 0.29) is 0 Å². The Morgan fingerprint density at radius 2 is 2.33 bits per heavy atom. The summed E-state index contributed by atoms with van der Waals surface area (Å²) in [6, 6.07) is 0.501. The Morgan fingerprint density at radius 3 is 3.06 bits per heavy atom. The number of rotatable bonds is 2. The van der Waals surface area contributed by atoms with E-state index >= 15 is 0 Å². The van der Waals surface area contributed by atoms with E-state index in [9.17, 15) is 0 Å². The van der Waals surface area contributed by atoms with Gasteiger partial charge in [0.25, 0.3) is 0 Å². The Hall–Kier alpha value is -0.430. The molecule has 0 aromatic carbocycles. The average molecular weight is 315 g/mol. The van der Waals surface area contributed by atoms with Crippen LogP contribution >= 0.6 is 15.9 Å². The number of ether oxygens (including phenoxy) is 1. The highest BCUT2D eigenvalue weighted by Crippen LogP contribution is 2.25. The first-order chi connectivity index (χ1) is 8.66. The van der Waals surface area contributed by atoms with Crippen molar-refractivity contribution in [3.8, 4) is 0 Å². The molecule has 0 aliphatic carbocycles. The van der Waals surface area contributed by atoms with E-state index in [1.807, 2.05) is 18.7 Å². The standard InChI is InChI=1S/C12H19BrN4O/c1-8-12(13)10(16(2)15-8)7-17-3-4-18-11-6-14-5-9(11)17/h9,11,14H,3-7H2,1-2H3/t9-,11+/m1/s1. The molecule has 0 saturated carbocycles. The van der Waals surface area contributed by atoms with Crippen LogP contribution in [-0.4, -0.2) is 53.1 Å². The number of aryl methyl sites for hydroxylation is 2. The highest BCUT2D eigenvalue weighted by Gasteiger charge is 2.36. The number of nitrogens with one attached hydrogen (secondary N) is 1. The van der Waals surface area contributed by atoms with E-state index < -0.39 is 0 Å². The van der Waals surface area contributed by atoms with Gasteiger partial charge in [0, 0.05) is 33.2 Å². The lowest BCUT2D eigenvalue weighted by atomic mass is 10.1. The van der Waals surface area contributed by atoms with Gasteiger partial charge < -0.3 is 10.1 Å². The lowest BCUT2D eigenvalue weighted by molar-refractivity contribution is -0.0508. The highest BCUT2D eigenvalue weighted by molar-refractivity contribution is 9.10. The second-order valence-electron chi connectivity index (χ2n) is 5.08. The first-order valence-corrected chi connectivity index (χ1v) is 7.20. The molecular formula is C12H19BrN4O. The molecule has 0 unspecified atom stereocenters. The van der Waals surface area contributed by atoms with Gasteiger partial charge in [-0.3, -0.25) is 9.58 Å². The third kappa shape index (κ3) is 2.11. The summed E-state index contributed by atoms with van der Waals surface area (Å²) >= 11 is 3.64. The van der Waals surface area contributed by atoms with Crippen LogP contribution in [0.3, 0.4) is 0 Å². The van der Waals surface area contributed by atoms with Gasteiger partial charge in [-0.2, -0.15) is 5.10 Å². The molecule has 100 valence electrons. The van der Waals surface area contributed by atoms with Crippen molar-refractivity contribution in [2.24, 2.45) is 7.05 Å². The van der Waals surface area contributed by atoms with Gasteiger partial charge in [-0.05, 0) is 22.9 Å². The van der Waals surface area contributed by atoms with Crippen molar-refractivity contribution in [1.29, 1.82) is 0 Å². The van der Waals surface area contributed by atoms with Crippen LogP contribution in [0.5, 0.6) is 0 Å². The van der Waals surface area contributed by atoms with Crippen LogP contribution in [0.4, 0.5) is 0 Å². The third-order valence-electron chi connectivity index (χ3n) is 3.92. The Morgan fingerprint density at radius 1 is 1.50 bits per heavy atom. The van der Waals surface area contributed by atoms with Crippen LogP contribution in [0.2, 0.25) is 0 Å². The van der Waals surface area contributed by atoms with Crippen molar-refractivity contribution >= 4 is 15.9 Å². The molecule has 2 aliphatic heterocycles. The summed E-state index contributed by atoms with van der Waals surface area (Å²) in [5.74, 6) is 0. The largest absolute Gasteiger partial charge is 0.374 e. The van der Waals surface area contributed by atoms with Crippen LogP contribution in [0.15, 0.2) is 4.47 Å². The number of halogens is 1. The topological polar surface area (TPSA) is 42.3 Å². The van der Waals surface area contributed by atoms with Crippen molar-refractivity contribution in [2.45, 2.75) is 25.6 Å². The molecule has 0 radical (unpaired) electrons. The molecule has 2 saturated heterocycles. The number of hydrogen-bond donors (Lipinski definition) is 1. The molecule has 2 fully saturated rings. The quantitative estimate of drug-likeness (QED) is 0.871. The summed E-state index contributed by atoms with van der Waals surface area (Å²) < 4.78 is 8.91. The van der Waals surface area contributed by atoms with Crippen molar-refractivity contribution < 1.29 is 4.74 Å². The van der Waals surface area contributed by atoms with Gasteiger partial charge in [0.2, 0.25) is 0 Å². The first-order valence-electron chi connectivity index (χ1n) is 6.41. The monoisotopic (exact) mass is 314 g/mol. The molecule has 1 N–H and O–H groups in total. The zero-order valence-electron chi connectivity index (χ0n) is 10.8. The fraction of sp³-hybridized carbons (Fsp3) is 0.750. The van der Waals surface area contributed by atoms with Crippen LogP contribution < -0.4 is 5.32 Å². The summed E-state index contributed by atoms with van der Waals surface area (Å²) in [5.41, 5.74) is 2.31. The summed E-state index contributed by atoms with van der Waals surface area (Å²) in [5, 5.41) is 7.87. The maximum atomic E-state index is 5.80. The van der Waals surface area contributed by atoms with Gasteiger partial charge in [0.05, 0.1) is 34.6 Å².